The van der Waals surface area contributed by atoms with E-state index in [4.69, 9.17) is 5.21 Å². The second-order valence-corrected chi connectivity index (χ2v) is 3.08. The molecule has 0 spiro atoms. The molecule has 0 atom stereocenters. The topological polar surface area (TPSA) is 40.5 Å². The van der Waals surface area contributed by atoms with Crippen LogP contribution in [0.2, 0.25) is 0 Å². The van der Waals surface area contributed by atoms with Crippen LogP contribution in [-0.4, -0.2) is 23.2 Å². The summed E-state index contributed by atoms with van der Waals surface area (Å²) in [5, 5.41) is 9.43. The highest BCUT2D eigenvalue weighted by Gasteiger charge is 2.05. The summed E-state index contributed by atoms with van der Waals surface area (Å²) in [4.78, 5) is 11.1. The molecule has 1 aromatic carbocycles. The van der Waals surface area contributed by atoms with Crippen molar-refractivity contribution in [2.75, 3.05) is 7.05 Å². The lowest BCUT2D eigenvalue weighted by Gasteiger charge is -2.07. The van der Waals surface area contributed by atoms with Crippen LogP contribution >= 0.6 is 0 Å². The van der Waals surface area contributed by atoms with Gasteiger partial charge in [0.25, 0.3) is 0 Å². The maximum absolute atomic E-state index is 11.1. The number of hydrogen-bond acceptors (Lipinski definition) is 2. The number of nitrogens with zero attached hydrogens (tertiary/aromatic N) is 1. The molecule has 0 aliphatic carbocycles. The number of rotatable bonds is 2. The van der Waals surface area contributed by atoms with Crippen molar-refractivity contribution in [2.45, 2.75) is 13.3 Å². The Kier molecular flexibility index (Phi) is 3.03. The zero-order chi connectivity index (χ0) is 9.84. The van der Waals surface area contributed by atoms with E-state index in [1.807, 2.05) is 31.2 Å². The molecule has 3 nitrogen and oxygen atoms in total. The first kappa shape index (κ1) is 9.74. The molecule has 0 aromatic heterocycles. The normalized spacial score (nSPS) is 9.77. The summed E-state index contributed by atoms with van der Waals surface area (Å²) in [6.07, 6.45) is 0.243. The molecule has 1 aromatic rings. The summed E-state index contributed by atoms with van der Waals surface area (Å²) in [5.41, 5.74) is 2.07. The average molecular weight is 179 g/mol. The van der Waals surface area contributed by atoms with Crippen LogP contribution in [0.15, 0.2) is 24.3 Å². The summed E-state index contributed by atoms with van der Waals surface area (Å²) in [5.74, 6) is -0.302. The Morgan fingerprint density at radius 3 is 2.38 bits per heavy atom. The van der Waals surface area contributed by atoms with Crippen molar-refractivity contribution in [2.24, 2.45) is 0 Å². The number of hydroxylamine groups is 2. The zero-order valence-corrected chi connectivity index (χ0v) is 7.82. The van der Waals surface area contributed by atoms with E-state index >= 15 is 0 Å². The van der Waals surface area contributed by atoms with Gasteiger partial charge in [-0.1, -0.05) is 29.8 Å². The molecule has 0 saturated carbocycles. The third kappa shape index (κ3) is 2.87. The molecule has 1 N–H and O–H groups in total. The molecular formula is C10H13NO2. The first-order valence-electron chi connectivity index (χ1n) is 4.10. The van der Waals surface area contributed by atoms with E-state index in [1.165, 1.54) is 7.05 Å². The summed E-state index contributed by atoms with van der Waals surface area (Å²) in [7, 11) is 1.33. The smallest absolute Gasteiger partial charge is 0.250 e. The van der Waals surface area contributed by atoms with Crippen LogP contribution in [-0.2, 0) is 11.2 Å². The van der Waals surface area contributed by atoms with Gasteiger partial charge in [-0.25, -0.2) is 5.06 Å². The predicted molar refractivity (Wildman–Crippen MR) is 49.4 cm³/mol. The molecule has 70 valence electrons. The second-order valence-electron chi connectivity index (χ2n) is 3.08. The predicted octanol–water partition coefficient (Wildman–Crippen LogP) is 1.39. The molecule has 0 radical (unpaired) electrons. The lowest BCUT2D eigenvalue weighted by Crippen LogP contribution is -2.24. The Bertz CT molecular complexity index is 290. The van der Waals surface area contributed by atoms with E-state index in [-0.39, 0.29) is 12.3 Å². The lowest BCUT2D eigenvalue weighted by molar-refractivity contribution is -0.158. The van der Waals surface area contributed by atoms with Crippen LogP contribution in [0.25, 0.3) is 0 Å². The number of carbonyl (C=O) groups is 1. The van der Waals surface area contributed by atoms with Gasteiger partial charge in [-0.15, -0.1) is 0 Å². The largest absolute Gasteiger partial charge is 0.286 e. The quantitative estimate of drug-likeness (QED) is 0.550. The van der Waals surface area contributed by atoms with Crippen molar-refractivity contribution < 1.29 is 10.0 Å². The van der Waals surface area contributed by atoms with Gasteiger partial charge in [-0.05, 0) is 12.5 Å². The molecule has 0 bridgehead atoms. The Balaban J connectivity index is 2.65. The van der Waals surface area contributed by atoms with E-state index in [1.54, 1.807) is 0 Å². The molecule has 1 amide bonds. The van der Waals surface area contributed by atoms with E-state index < -0.39 is 0 Å². The Hall–Kier alpha value is -1.35. The standard InChI is InChI=1S/C10H13NO2/c1-8-3-5-9(6-4-8)7-10(12)11(2)13/h3-6,13H,7H2,1-2H3. The Labute approximate surface area is 77.6 Å². The number of aryl methyl sites for hydroxylation is 1. The molecular weight excluding hydrogens is 166 g/mol. The van der Waals surface area contributed by atoms with Crippen LogP contribution < -0.4 is 0 Å². The molecule has 0 saturated heterocycles. The molecule has 0 heterocycles. The van der Waals surface area contributed by atoms with Crippen molar-refractivity contribution in [3.05, 3.63) is 35.4 Å². The third-order valence-electron chi connectivity index (χ3n) is 1.84. The molecule has 0 aliphatic rings. The molecule has 3 heteroatoms. The van der Waals surface area contributed by atoms with Gasteiger partial charge in [-0.3, -0.25) is 10.0 Å². The first-order chi connectivity index (χ1) is 6.09. The van der Waals surface area contributed by atoms with E-state index in [9.17, 15) is 4.79 Å². The minimum absolute atomic E-state index is 0.243. The number of likely N-dealkylation sites (N-methyl/N-ethyl adjacent to an activating group) is 1. The van der Waals surface area contributed by atoms with Gasteiger partial charge < -0.3 is 0 Å². The van der Waals surface area contributed by atoms with Crippen LogP contribution in [0.5, 0.6) is 0 Å². The van der Waals surface area contributed by atoms with E-state index in [0.29, 0.717) is 5.06 Å². The minimum atomic E-state index is -0.302. The highest BCUT2D eigenvalue weighted by atomic mass is 16.5. The summed E-state index contributed by atoms with van der Waals surface area (Å²) >= 11 is 0. The molecule has 1 rings (SSSR count). The van der Waals surface area contributed by atoms with Gasteiger partial charge in [0.1, 0.15) is 0 Å². The highest BCUT2D eigenvalue weighted by Crippen LogP contribution is 2.04. The fourth-order valence-corrected chi connectivity index (χ4v) is 0.995. The third-order valence-corrected chi connectivity index (χ3v) is 1.84. The van der Waals surface area contributed by atoms with Crippen LogP contribution in [0.4, 0.5) is 0 Å². The first-order valence-corrected chi connectivity index (χ1v) is 4.10. The number of hydrogen-bond donors (Lipinski definition) is 1. The zero-order valence-electron chi connectivity index (χ0n) is 7.82. The highest BCUT2D eigenvalue weighted by molar-refractivity contribution is 5.77. The van der Waals surface area contributed by atoms with Gasteiger partial charge in [0.05, 0.1) is 6.42 Å². The van der Waals surface area contributed by atoms with Crippen LogP contribution in [0, 0.1) is 6.92 Å². The van der Waals surface area contributed by atoms with Crippen LogP contribution in [0.1, 0.15) is 11.1 Å². The Morgan fingerprint density at radius 2 is 1.92 bits per heavy atom. The maximum Gasteiger partial charge on any atom is 0.250 e. The summed E-state index contributed by atoms with van der Waals surface area (Å²) in [6, 6.07) is 7.66. The van der Waals surface area contributed by atoms with Crippen molar-refractivity contribution in [1.29, 1.82) is 0 Å². The lowest BCUT2D eigenvalue weighted by atomic mass is 10.1. The number of benzene rings is 1. The second kappa shape index (κ2) is 4.05. The van der Waals surface area contributed by atoms with Gasteiger partial charge in [0, 0.05) is 7.05 Å². The summed E-state index contributed by atoms with van der Waals surface area (Å²) < 4.78 is 0. The SMILES string of the molecule is Cc1ccc(CC(=O)N(C)O)cc1. The number of amides is 1. The maximum atomic E-state index is 11.1. The van der Waals surface area contributed by atoms with Gasteiger partial charge >= 0.3 is 0 Å². The minimum Gasteiger partial charge on any atom is -0.286 e. The Morgan fingerprint density at radius 1 is 1.38 bits per heavy atom. The summed E-state index contributed by atoms with van der Waals surface area (Å²) in [6.45, 7) is 1.99. The molecule has 0 unspecified atom stereocenters. The molecule has 0 aliphatic heterocycles. The van der Waals surface area contributed by atoms with Gasteiger partial charge in [0.2, 0.25) is 5.91 Å². The van der Waals surface area contributed by atoms with Crippen molar-refractivity contribution in [3.8, 4) is 0 Å². The average Bonchev–Trinajstić information content (AvgIpc) is 2.08. The fourth-order valence-electron chi connectivity index (χ4n) is 0.995. The van der Waals surface area contributed by atoms with Crippen LogP contribution in [0.3, 0.4) is 0 Å². The van der Waals surface area contributed by atoms with Crippen molar-refractivity contribution in [1.82, 2.24) is 5.06 Å². The van der Waals surface area contributed by atoms with Crippen molar-refractivity contribution >= 4 is 5.91 Å². The fraction of sp³-hybridized carbons (Fsp3) is 0.300. The van der Waals surface area contributed by atoms with E-state index in [0.717, 1.165) is 11.1 Å². The van der Waals surface area contributed by atoms with E-state index in [2.05, 4.69) is 0 Å². The number of carbonyl (C=O) groups excluding carboxylic acids is 1. The van der Waals surface area contributed by atoms with Gasteiger partial charge in [-0.2, -0.15) is 0 Å². The monoisotopic (exact) mass is 179 g/mol. The molecule has 13 heavy (non-hydrogen) atoms. The molecule has 0 fully saturated rings. The van der Waals surface area contributed by atoms with Gasteiger partial charge in [0.15, 0.2) is 0 Å². The van der Waals surface area contributed by atoms with Crippen molar-refractivity contribution in [3.63, 3.8) is 0 Å².